The van der Waals surface area contributed by atoms with Crippen LogP contribution >= 0.6 is 0 Å². The van der Waals surface area contributed by atoms with Gasteiger partial charge in [0.05, 0.1) is 22.8 Å². The van der Waals surface area contributed by atoms with Crippen LogP contribution in [0.2, 0.25) is 0 Å². The minimum absolute atomic E-state index is 0.0486. The second-order valence-corrected chi connectivity index (χ2v) is 8.90. The van der Waals surface area contributed by atoms with Crippen molar-refractivity contribution in [2.24, 2.45) is 0 Å². The van der Waals surface area contributed by atoms with Gasteiger partial charge in [0.2, 0.25) is 0 Å². The lowest BCUT2D eigenvalue weighted by Crippen LogP contribution is -2.40. The number of carbonyl (C=O) groups is 2. The molecule has 1 heterocycles. The molecular formula is C20H22N2O5S. The van der Waals surface area contributed by atoms with Crippen LogP contribution in [0.3, 0.4) is 0 Å². The van der Waals surface area contributed by atoms with E-state index in [-0.39, 0.29) is 17.5 Å². The number of nitrogens with zero attached hydrogens (tertiary/aromatic N) is 1. The summed E-state index contributed by atoms with van der Waals surface area (Å²) < 4.78 is 28.3. The molecule has 1 N–H and O–H groups in total. The molecule has 1 saturated heterocycles. The average molecular weight is 402 g/mol. The van der Waals surface area contributed by atoms with E-state index in [4.69, 9.17) is 4.74 Å². The molecule has 0 unspecified atom stereocenters. The first-order chi connectivity index (χ1) is 13.4. The molecule has 148 valence electrons. The second-order valence-electron chi connectivity index (χ2n) is 6.67. The highest BCUT2D eigenvalue weighted by atomic mass is 32.2. The first-order valence-electron chi connectivity index (χ1n) is 8.90. The van der Waals surface area contributed by atoms with Crippen LogP contribution in [0.25, 0.3) is 0 Å². The number of ether oxygens (including phenoxy) is 1. The Morgan fingerprint density at radius 2 is 1.79 bits per heavy atom. The van der Waals surface area contributed by atoms with Crippen molar-refractivity contribution in [1.29, 1.82) is 0 Å². The van der Waals surface area contributed by atoms with Gasteiger partial charge in [0, 0.05) is 18.8 Å². The zero-order valence-electron chi connectivity index (χ0n) is 15.5. The van der Waals surface area contributed by atoms with Crippen LogP contribution in [0.15, 0.2) is 54.6 Å². The van der Waals surface area contributed by atoms with Gasteiger partial charge in [0.25, 0.3) is 5.91 Å². The van der Waals surface area contributed by atoms with Crippen LogP contribution in [-0.2, 0) is 19.4 Å². The average Bonchev–Trinajstić information content (AvgIpc) is 3.06. The molecule has 1 fully saturated rings. The summed E-state index contributed by atoms with van der Waals surface area (Å²) in [6.07, 6.45) is 0.405. The Labute approximate surface area is 164 Å². The van der Waals surface area contributed by atoms with Crippen molar-refractivity contribution in [3.8, 4) is 0 Å². The summed E-state index contributed by atoms with van der Waals surface area (Å²) in [5, 5.41) is 3.15. The van der Waals surface area contributed by atoms with Crippen LogP contribution in [-0.4, -0.2) is 56.4 Å². The molecular weight excluding hydrogens is 380 g/mol. The number of esters is 1. The standard InChI is InChI=1S/C20H22N2O5S/c1-22(16-11-12-28(25,26)14-16)19(23)13-27-20(24)17-9-5-6-10-18(17)21-15-7-3-2-4-8-15/h2-10,16,21H,11-14H2,1H3/t16-/m1/s1. The number of hydrogen-bond donors (Lipinski definition) is 1. The van der Waals surface area contributed by atoms with E-state index in [1.807, 2.05) is 30.3 Å². The van der Waals surface area contributed by atoms with Crippen molar-refractivity contribution in [3.63, 3.8) is 0 Å². The predicted molar refractivity (Wildman–Crippen MR) is 106 cm³/mol. The largest absolute Gasteiger partial charge is 0.452 e. The van der Waals surface area contributed by atoms with Crippen molar-refractivity contribution < 1.29 is 22.7 Å². The van der Waals surface area contributed by atoms with E-state index in [9.17, 15) is 18.0 Å². The van der Waals surface area contributed by atoms with Gasteiger partial charge >= 0.3 is 5.97 Å². The first-order valence-corrected chi connectivity index (χ1v) is 10.7. The van der Waals surface area contributed by atoms with Crippen LogP contribution < -0.4 is 5.32 Å². The highest BCUT2D eigenvalue weighted by Gasteiger charge is 2.33. The summed E-state index contributed by atoms with van der Waals surface area (Å²) in [6.45, 7) is -0.439. The number of likely N-dealkylation sites (N-methyl/N-ethyl adjacent to an activating group) is 1. The van der Waals surface area contributed by atoms with Gasteiger partial charge in [0.15, 0.2) is 16.4 Å². The lowest BCUT2D eigenvalue weighted by molar-refractivity contribution is -0.134. The van der Waals surface area contributed by atoms with E-state index in [0.29, 0.717) is 17.7 Å². The lowest BCUT2D eigenvalue weighted by atomic mass is 10.1. The third kappa shape index (κ3) is 4.89. The van der Waals surface area contributed by atoms with E-state index in [1.165, 1.54) is 11.9 Å². The molecule has 1 aliphatic heterocycles. The number of benzene rings is 2. The van der Waals surface area contributed by atoms with Crippen molar-refractivity contribution in [1.82, 2.24) is 4.90 Å². The predicted octanol–water partition coefficient (Wildman–Crippen LogP) is 2.23. The fourth-order valence-electron chi connectivity index (χ4n) is 3.04. The van der Waals surface area contributed by atoms with Crippen molar-refractivity contribution in [3.05, 3.63) is 60.2 Å². The zero-order chi connectivity index (χ0) is 20.1. The molecule has 0 saturated carbocycles. The summed E-state index contributed by atoms with van der Waals surface area (Å²) in [6, 6.07) is 15.9. The third-order valence-electron chi connectivity index (χ3n) is 4.68. The van der Waals surface area contributed by atoms with E-state index >= 15 is 0 Å². The molecule has 7 nitrogen and oxygen atoms in total. The third-order valence-corrected chi connectivity index (χ3v) is 6.43. The van der Waals surface area contributed by atoms with Gasteiger partial charge in [-0.25, -0.2) is 13.2 Å². The normalized spacial score (nSPS) is 17.7. The topological polar surface area (TPSA) is 92.8 Å². The Hall–Kier alpha value is -2.87. The Morgan fingerprint density at radius 1 is 1.11 bits per heavy atom. The summed E-state index contributed by atoms with van der Waals surface area (Å²) in [4.78, 5) is 26.1. The lowest BCUT2D eigenvalue weighted by Gasteiger charge is -2.23. The SMILES string of the molecule is CN(C(=O)COC(=O)c1ccccc1Nc1ccccc1)[C@@H]1CCS(=O)(=O)C1. The number of nitrogens with one attached hydrogen (secondary N) is 1. The molecule has 1 amide bonds. The van der Waals surface area contributed by atoms with E-state index in [0.717, 1.165) is 5.69 Å². The smallest absolute Gasteiger partial charge is 0.340 e. The van der Waals surface area contributed by atoms with Crippen LogP contribution in [0.4, 0.5) is 11.4 Å². The molecule has 1 atom stereocenters. The van der Waals surface area contributed by atoms with E-state index < -0.39 is 28.3 Å². The van der Waals surface area contributed by atoms with Gasteiger partial charge in [-0.3, -0.25) is 4.79 Å². The van der Waals surface area contributed by atoms with Crippen molar-refractivity contribution in [2.75, 3.05) is 30.5 Å². The monoisotopic (exact) mass is 402 g/mol. The zero-order valence-corrected chi connectivity index (χ0v) is 16.3. The summed E-state index contributed by atoms with van der Waals surface area (Å²) in [7, 11) is -1.56. The Bertz CT molecular complexity index is 960. The molecule has 28 heavy (non-hydrogen) atoms. The Morgan fingerprint density at radius 3 is 2.46 bits per heavy atom. The minimum Gasteiger partial charge on any atom is -0.452 e. The number of sulfone groups is 1. The highest BCUT2D eigenvalue weighted by Crippen LogP contribution is 2.22. The fourth-order valence-corrected chi connectivity index (χ4v) is 4.81. The maximum Gasteiger partial charge on any atom is 0.340 e. The molecule has 8 heteroatoms. The molecule has 0 aromatic heterocycles. The number of hydrogen-bond acceptors (Lipinski definition) is 6. The first kappa shape index (κ1) is 19.9. The maximum atomic E-state index is 12.5. The van der Waals surface area contributed by atoms with Gasteiger partial charge < -0.3 is 15.0 Å². The van der Waals surface area contributed by atoms with E-state index in [1.54, 1.807) is 24.3 Å². The molecule has 2 aromatic carbocycles. The van der Waals surface area contributed by atoms with Crippen molar-refractivity contribution in [2.45, 2.75) is 12.5 Å². The number of anilines is 2. The molecule has 3 rings (SSSR count). The summed E-state index contributed by atoms with van der Waals surface area (Å²) in [5.41, 5.74) is 1.70. The number of rotatable bonds is 6. The number of amides is 1. The molecule has 1 aliphatic rings. The van der Waals surface area contributed by atoms with Gasteiger partial charge in [-0.2, -0.15) is 0 Å². The van der Waals surface area contributed by atoms with Gasteiger partial charge in [-0.15, -0.1) is 0 Å². The molecule has 0 radical (unpaired) electrons. The number of carbonyl (C=O) groups excluding carboxylic acids is 2. The molecule has 0 aliphatic carbocycles. The maximum absolute atomic E-state index is 12.5. The van der Waals surface area contributed by atoms with Gasteiger partial charge in [0.1, 0.15) is 0 Å². The summed E-state index contributed by atoms with van der Waals surface area (Å²) >= 11 is 0. The summed E-state index contributed by atoms with van der Waals surface area (Å²) in [5.74, 6) is -1.02. The molecule has 0 spiro atoms. The van der Waals surface area contributed by atoms with Crippen LogP contribution in [0, 0.1) is 0 Å². The second kappa shape index (κ2) is 8.43. The Kier molecular flexibility index (Phi) is 5.99. The quantitative estimate of drug-likeness (QED) is 0.745. The van der Waals surface area contributed by atoms with E-state index in [2.05, 4.69) is 5.32 Å². The highest BCUT2D eigenvalue weighted by molar-refractivity contribution is 7.91. The van der Waals surface area contributed by atoms with Crippen LogP contribution in [0.5, 0.6) is 0 Å². The van der Waals surface area contributed by atoms with Crippen LogP contribution in [0.1, 0.15) is 16.8 Å². The minimum atomic E-state index is -3.09. The van der Waals surface area contributed by atoms with Gasteiger partial charge in [-0.1, -0.05) is 30.3 Å². The van der Waals surface area contributed by atoms with Crippen molar-refractivity contribution >= 4 is 33.1 Å². The molecule has 0 bridgehead atoms. The Balaban J connectivity index is 1.61. The van der Waals surface area contributed by atoms with Gasteiger partial charge in [-0.05, 0) is 30.7 Å². The number of para-hydroxylation sites is 2. The molecule has 2 aromatic rings. The fraction of sp³-hybridized carbons (Fsp3) is 0.300.